The first kappa shape index (κ1) is 23.2. The quantitative estimate of drug-likeness (QED) is 0.273. The van der Waals surface area contributed by atoms with Gasteiger partial charge in [-0.3, -0.25) is 0 Å². The van der Waals surface area contributed by atoms with Crippen molar-refractivity contribution >= 4 is 56.4 Å². The molecule has 0 spiro atoms. The van der Waals surface area contributed by atoms with Gasteiger partial charge in [0.2, 0.25) is 0 Å². The molecule has 5 rings (SSSR count). The summed E-state index contributed by atoms with van der Waals surface area (Å²) < 4.78 is 7.46. The number of hydrogen-bond acceptors (Lipinski definition) is 9. The number of morpholine rings is 1. The van der Waals surface area contributed by atoms with E-state index in [1.54, 1.807) is 46.2 Å². The van der Waals surface area contributed by atoms with Crippen molar-refractivity contribution < 1.29 is 9.64 Å². The van der Waals surface area contributed by atoms with Gasteiger partial charge in [-0.05, 0) is 23.2 Å². The maximum absolute atomic E-state index is 5.52. The van der Waals surface area contributed by atoms with E-state index >= 15 is 0 Å². The maximum Gasteiger partial charge on any atom is 0.186 e. The number of nitrogens with zero attached hydrogens (tertiary/aromatic N) is 4. The van der Waals surface area contributed by atoms with Crippen LogP contribution in [0.4, 0.5) is 0 Å². The molecule has 1 aliphatic heterocycles. The summed E-state index contributed by atoms with van der Waals surface area (Å²) in [5, 5.41) is 13.1. The van der Waals surface area contributed by atoms with Gasteiger partial charge < -0.3 is 9.64 Å². The molecule has 4 heterocycles. The standard InChI is InChI=1S/C23H25N5OS4/c1-15(2)13-31-22-26-27-23(33-22)32-21-19-17(16-6-4-3-5-7-16)14-30-20(19)24-18(25-21)12-28-8-10-29-11-9-28/h3-7,14-15H,8-13H2,1-2H3/p+1. The second kappa shape index (κ2) is 10.8. The first-order chi connectivity index (χ1) is 16.2. The van der Waals surface area contributed by atoms with Crippen LogP contribution in [0.15, 0.2) is 49.4 Å². The van der Waals surface area contributed by atoms with Crippen molar-refractivity contribution in [1.29, 1.82) is 0 Å². The van der Waals surface area contributed by atoms with Gasteiger partial charge in [-0.2, -0.15) is 0 Å². The van der Waals surface area contributed by atoms with Crippen molar-refractivity contribution in [3.8, 4) is 11.1 Å². The van der Waals surface area contributed by atoms with Gasteiger partial charge in [-0.25, -0.2) is 9.97 Å². The summed E-state index contributed by atoms with van der Waals surface area (Å²) in [6.45, 7) is 8.86. The van der Waals surface area contributed by atoms with Crippen molar-refractivity contribution in [3.63, 3.8) is 0 Å². The smallest absolute Gasteiger partial charge is 0.186 e. The van der Waals surface area contributed by atoms with Crippen LogP contribution in [0.1, 0.15) is 19.7 Å². The maximum atomic E-state index is 5.52. The van der Waals surface area contributed by atoms with Gasteiger partial charge >= 0.3 is 0 Å². The van der Waals surface area contributed by atoms with E-state index in [-0.39, 0.29) is 0 Å². The monoisotopic (exact) mass is 516 g/mol. The third kappa shape index (κ3) is 5.75. The van der Waals surface area contributed by atoms with Crippen LogP contribution in [0.3, 0.4) is 0 Å². The number of thiophene rings is 1. The third-order valence-electron chi connectivity index (χ3n) is 5.25. The number of rotatable bonds is 8. The fourth-order valence-electron chi connectivity index (χ4n) is 3.61. The molecule has 10 heteroatoms. The van der Waals surface area contributed by atoms with Crippen LogP contribution >= 0.6 is 46.2 Å². The molecule has 1 fully saturated rings. The van der Waals surface area contributed by atoms with Crippen LogP contribution in [0.2, 0.25) is 0 Å². The molecular formula is C23H26N5OS4+. The highest BCUT2D eigenvalue weighted by Gasteiger charge is 2.21. The number of thioether (sulfide) groups is 1. The number of quaternary nitrogens is 1. The zero-order chi connectivity index (χ0) is 22.6. The van der Waals surface area contributed by atoms with Crippen LogP contribution in [0.5, 0.6) is 0 Å². The van der Waals surface area contributed by atoms with Gasteiger partial charge in [0.05, 0.1) is 18.6 Å². The highest BCUT2D eigenvalue weighted by molar-refractivity contribution is 8.03. The zero-order valence-corrected chi connectivity index (χ0v) is 21.9. The van der Waals surface area contributed by atoms with Gasteiger partial charge in [0, 0.05) is 16.7 Å². The summed E-state index contributed by atoms with van der Waals surface area (Å²) in [7, 11) is 0. The van der Waals surface area contributed by atoms with E-state index in [9.17, 15) is 0 Å². The lowest BCUT2D eigenvalue weighted by Crippen LogP contribution is -3.12. The Kier molecular flexibility index (Phi) is 7.59. The molecule has 4 aromatic rings. The molecular weight excluding hydrogens is 491 g/mol. The van der Waals surface area contributed by atoms with Crippen LogP contribution in [0, 0.1) is 5.92 Å². The Hall–Kier alpha value is -1.56. The summed E-state index contributed by atoms with van der Waals surface area (Å²) >= 11 is 6.73. The Morgan fingerprint density at radius 2 is 1.85 bits per heavy atom. The Morgan fingerprint density at radius 3 is 2.64 bits per heavy atom. The zero-order valence-electron chi connectivity index (χ0n) is 18.6. The Balaban J connectivity index is 1.50. The summed E-state index contributed by atoms with van der Waals surface area (Å²) in [6, 6.07) is 10.5. The van der Waals surface area contributed by atoms with E-state index in [2.05, 4.69) is 53.7 Å². The fourth-order valence-corrected chi connectivity index (χ4v) is 7.71. The average molecular weight is 517 g/mol. The molecule has 33 heavy (non-hydrogen) atoms. The lowest BCUT2D eigenvalue weighted by Gasteiger charge is -2.23. The third-order valence-corrected chi connectivity index (χ3v) is 9.65. The van der Waals surface area contributed by atoms with Gasteiger partial charge in [-0.15, -0.1) is 21.5 Å². The molecule has 172 valence electrons. The highest BCUT2D eigenvalue weighted by Crippen LogP contribution is 2.41. The van der Waals surface area contributed by atoms with Crippen LogP contribution in [0.25, 0.3) is 21.3 Å². The number of benzene rings is 1. The summed E-state index contributed by atoms with van der Waals surface area (Å²) in [5.41, 5.74) is 2.37. The molecule has 3 aromatic heterocycles. The normalized spacial score (nSPS) is 15.0. The molecule has 0 amide bonds. The predicted molar refractivity (Wildman–Crippen MR) is 138 cm³/mol. The Labute approximate surface area is 210 Å². The molecule has 0 aliphatic carbocycles. The number of ether oxygens (including phenoxy) is 1. The molecule has 0 radical (unpaired) electrons. The summed E-state index contributed by atoms with van der Waals surface area (Å²) in [5.74, 6) is 2.56. The van der Waals surface area contributed by atoms with Gasteiger partial charge in [0.1, 0.15) is 29.5 Å². The molecule has 1 N–H and O–H groups in total. The Bertz CT molecular complexity index is 1200. The second-order valence-electron chi connectivity index (χ2n) is 8.32. The minimum atomic E-state index is 0.626. The van der Waals surface area contributed by atoms with Crippen LogP contribution in [-0.4, -0.2) is 52.2 Å². The first-order valence-corrected chi connectivity index (χ1v) is 14.5. The lowest BCUT2D eigenvalue weighted by atomic mass is 10.1. The highest BCUT2D eigenvalue weighted by atomic mass is 32.2. The molecule has 1 aromatic carbocycles. The molecule has 0 saturated carbocycles. The largest absolute Gasteiger partial charge is 0.370 e. The van der Waals surface area contributed by atoms with Gasteiger partial charge in [0.25, 0.3) is 0 Å². The molecule has 1 aliphatic rings. The van der Waals surface area contributed by atoms with E-state index in [0.717, 1.165) is 68.3 Å². The van der Waals surface area contributed by atoms with E-state index in [0.29, 0.717) is 5.92 Å². The summed E-state index contributed by atoms with van der Waals surface area (Å²) in [4.78, 5) is 12.5. The number of nitrogens with one attached hydrogen (secondary N) is 1. The van der Waals surface area contributed by atoms with E-state index in [4.69, 9.17) is 14.7 Å². The molecule has 6 nitrogen and oxygen atoms in total. The van der Waals surface area contributed by atoms with Crippen molar-refractivity contribution in [2.45, 2.75) is 34.1 Å². The predicted octanol–water partition coefficient (Wildman–Crippen LogP) is 4.52. The van der Waals surface area contributed by atoms with Crippen molar-refractivity contribution in [3.05, 3.63) is 41.5 Å². The average Bonchev–Trinajstić information content (AvgIpc) is 3.46. The first-order valence-electron chi connectivity index (χ1n) is 11.0. The number of hydrogen-bond donors (Lipinski definition) is 1. The molecule has 0 bridgehead atoms. The lowest BCUT2D eigenvalue weighted by molar-refractivity contribution is -0.922. The second-order valence-corrected chi connectivity index (χ2v) is 12.7. The van der Waals surface area contributed by atoms with Crippen molar-refractivity contribution in [2.24, 2.45) is 5.92 Å². The number of aromatic nitrogens is 4. The molecule has 1 saturated heterocycles. The van der Waals surface area contributed by atoms with E-state index in [1.807, 2.05) is 6.07 Å². The minimum Gasteiger partial charge on any atom is -0.370 e. The van der Waals surface area contributed by atoms with E-state index in [1.165, 1.54) is 16.0 Å². The SMILES string of the molecule is CC(C)CSc1nnc(Sc2nc(C[NH+]3CCOCC3)nc3scc(-c4ccccc4)c23)s1. The molecule has 0 atom stereocenters. The van der Waals surface area contributed by atoms with Crippen LogP contribution < -0.4 is 4.90 Å². The molecule has 0 unspecified atom stereocenters. The van der Waals surface area contributed by atoms with Crippen LogP contribution in [-0.2, 0) is 11.3 Å². The van der Waals surface area contributed by atoms with Crippen molar-refractivity contribution in [2.75, 3.05) is 32.1 Å². The van der Waals surface area contributed by atoms with Gasteiger partial charge in [-0.1, -0.05) is 67.3 Å². The number of fused-ring (bicyclic) bond motifs is 1. The van der Waals surface area contributed by atoms with E-state index < -0.39 is 0 Å². The topological polar surface area (TPSA) is 65.2 Å². The minimum absolute atomic E-state index is 0.626. The van der Waals surface area contributed by atoms with Gasteiger partial charge in [0.15, 0.2) is 14.5 Å². The fraction of sp³-hybridized carbons (Fsp3) is 0.391. The Morgan fingerprint density at radius 1 is 1.06 bits per heavy atom. The summed E-state index contributed by atoms with van der Waals surface area (Å²) in [6.07, 6.45) is 0. The van der Waals surface area contributed by atoms with Crippen molar-refractivity contribution in [1.82, 2.24) is 20.2 Å².